The summed E-state index contributed by atoms with van der Waals surface area (Å²) in [6.45, 7) is 4.28. The van der Waals surface area contributed by atoms with Gasteiger partial charge in [0.1, 0.15) is 5.76 Å². The second-order valence-electron chi connectivity index (χ2n) is 5.48. The largest absolute Gasteiger partial charge is 0.469 e. The molecule has 0 bridgehead atoms. The van der Waals surface area contributed by atoms with E-state index >= 15 is 0 Å². The highest BCUT2D eigenvalue weighted by Gasteiger charge is 2.32. The van der Waals surface area contributed by atoms with Crippen LogP contribution in [0.2, 0.25) is 0 Å². The average Bonchev–Trinajstić information content (AvgIpc) is 2.77. The third-order valence-corrected chi connectivity index (χ3v) is 3.89. The van der Waals surface area contributed by atoms with E-state index in [9.17, 15) is 9.90 Å². The molecule has 1 heterocycles. The van der Waals surface area contributed by atoms with Gasteiger partial charge in [0.05, 0.1) is 17.4 Å². The highest BCUT2D eigenvalue weighted by Crippen LogP contribution is 2.31. The zero-order valence-corrected chi connectivity index (χ0v) is 11.0. The first kappa shape index (κ1) is 13.1. The van der Waals surface area contributed by atoms with Gasteiger partial charge in [0.15, 0.2) is 0 Å². The lowest BCUT2D eigenvalue weighted by molar-refractivity contribution is -0.00541. The molecule has 0 atom stereocenters. The summed E-state index contributed by atoms with van der Waals surface area (Å²) in [4.78, 5) is 11.9. The second kappa shape index (κ2) is 5.14. The number of aliphatic hydroxyl groups is 1. The van der Waals surface area contributed by atoms with Crippen LogP contribution in [0, 0.1) is 12.8 Å². The molecule has 18 heavy (non-hydrogen) atoms. The Morgan fingerprint density at radius 1 is 1.56 bits per heavy atom. The van der Waals surface area contributed by atoms with E-state index in [0.717, 1.165) is 25.7 Å². The van der Waals surface area contributed by atoms with Crippen molar-refractivity contribution in [3.63, 3.8) is 0 Å². The van der Waals surface area contributed by atoms with Gasteiger partial charge in [-0.2, -0.15) is 0 Å². The smallest absolute Gasteiger partial charge is 0.254 e. The maximum absolute atomic E-state index is 11.9. The molecule has 2 N–H and O–H groups in total. The van der Waals surface area contributed by atoms with Crippen molar-refractivity contribution in [2.45, 2.75) is 45.1 Å². The van der Waals surface area contributed by atoms with Gasteiger partial charge in [-0.25, -0.2) is 0 Å². The Morgan fingerprint density at radius 2 is 2.22 bits per heavy atom. The lowest BCUT2D eigenvalue weighted by Gasteiger charge is -2.34. The Kier molecular flexibility index (Phi) is 3.76. The molecule has 1 amide bonds. The van der Waals surface area contributed by atoms with E-state index in [0.29, 0.717) is 23.8 Å². The monoisotopic (exact) mass is 251 g/mol. The number of aryl methyl sites for hydroxylation is 1. The highest BCUT2D eigenvalue weighted by molar-refractivity contribution is 5.95. The van der Waals surface area contributed by atoms with Crippen LogP contribution in [0.4, 0.5) is 0 Å². The van der Waals surface area contributed by atoms with Gasteiger partial charge in [0, 0.05) is 6.54 Å². The predicted octanol–water partition coefficient (Wildman–Crippen LogP) is 2.26. The molecule has 1 fully saturated rings. The Bertz CT molecular complexity index is 416. The standard InChI is InChI=1S/C14H21NO3/c1-10-3-6-14(17,7-4-10)9-15-13(16)12-5-8-18-11(12)2/h5,8,10,17H,3-4,6-7,9H2,1-2H3,(H,15,16). The maximum atomic E-state index is 11.9. The lowest BCUT2D eigenvalue weighted by atomic mass is 9.79. The third kappa shape index (κ3) is 2.93. The molecule has 1 aromatic rings. The van der Waals surface area contributed by atoms with Crippen LogP contribution in [0.1, 0.15) is 48.7 Å². The van der Waals surface area contributed by atoms with E-state index in [2.05, 4.69) is 12.2 Å². The molecule has 0 radical (unpaired) electrons. The minimum atomic E-state index is -0.736. The van der Waals surface area contributed by atoms with Gasteiger partial charge in [-0.1, -0.05) is 6.92 Å². The number of hydrogen-bond acceptors (Lipinski definition) is 3. The molecule has 0 spiro atoms. The van der Waals surface area contributed by atoms with Gasteiger partial charge >= 0.3 is 0 Å². The zero-order chi connectivity index (χ0) is 13.2. The summed E-state index contributed by atoms with van der Waals surface area (Å²) < 4.78 is 5.09. The van der Waals surface area contributed by atoms with E-state index < -0.39 is 5.60 Å². The zero-order valence-electron chi connectivity index (χ0n) is 11.0. The number of carbonyl (C=O) groups excluding carboxylic acids is 1. The van der Waals surface area contributed by atoms with Gasteiger partial charge in [-0.15, -0.1) is 0 Å². The van der Waals surface area contributed by atoms with Crippen LogP contribution in [0.25, 0.3) is 0 Å². The quantitative estimate of drug-likeness (QED) is 0.866. The SMILES string of the molecule is Cc1occc1C(=O)NCC1(O)CCC(C)CC1. The van der Waals surface area contributed by atoms with Crippen molar-refractivity contribution in [2.24, 2.45) is 5.92 Å². The minimum absolute atomic E-state index is 0.173. The van der Waals surface area contributed by atoms with E-state index in [1.54, 1.807) is 13.0 Å². The highest BCUT2D eigenvalue weighted by atomic mass is 16.3. The summed E-state index contributed by atoms with van der Waals surface area (Å²) in [5.41, 5.74) is -0.192. The number of rotatable bonds is 3. The van der Waals surface area contributed by atoms with Crippen molar-refractivity contribution in [1.29, 1.82) is 0 Å². The molecule has 0 unspecified atom stereocenters. The van der Waals surface area contributed by atoms with Crippen molar-refractivity contribution >= 4 is 5.91 Å². The molecule has 1 aromatic heterocycles. The van der Waals surface area contributed by atoms with Gasteiger partial charge in [0.25, 0.3) is 5.91 Å². The lowest BCUT2D eigenvalue weighted by Crippen LogP contribution is -2.45. The van der Waals surface area contributed by atoms with Crippen LogP contribution in [-0.4, -0.2) is 23.2 Å². The number of hydrogen-bond donors (Lipinski definition) is 2. The molecule has 100 valence electrons. The van der Waals surface area contributed by atoms with Crippen molar-refractivity contribution in [2.75, 3.05) is 6.54 Å². The molecule has 1 aliphatic rings. The van der Waals surface area contributed by atoms with Crippen molar-refractivity contribution in [1.82, 2.24) is 5.32 Å². The van der Waals surface area contributed by atoms with Crippen LogP contribution in [0.5, 0.6) is 0 Å². The molecule has 4 heteroatoms. The fraction of sp³-hybridized carbons (Fsp3) is 0.643. The summed E-state index contributed by atoms with van der Waals surface area (Å²) in [6.07, 6.45) is 5.08. The van der Waals surface area contributed by atoms with Crippen molar-refractivity contribution < 1.29 is 14.3 Å². The summed E-state index contributed by atoms with van der Waals surface area (Å²) >= 11 is 0. The first-order valence-corrected chi connectivity index (χ1v) is 6.55. The van der Waals surface area contributed by atoms with Gasteiger partial charge in [-0.3, -0.25) is 4.79 Å². The van der Waals surface area contributed by atoms with E-state index in [-0.39, 0.29) is 5.91 Å². The van der Waals surface area contributed by atoms with Crippen molar-refractivity contribution in [3.05, 3.63) is 23.7 Å². The van der Waals surface area contributed by atoms with Crippen molar-refractivity contribution in [3.8, 4) is 0 Å². The topological polar surface area (TPSA) is 62.5 Å². The maximum Gasteiger partial charge on any atom is 0.254 e. The van der Waals surface area contributed by atoms with Crippen LogP contribution in [0.3, 0.4) is 0 Å². The Labute approximate surface area is 107 Å². The summed E-state index contributed by atoms with van der Waals surface area (Å²) in [5, 5.41) is 13.2. The normalized spacial score (nSPS) is 28.1. The van der Waals surface area contributed by atoms with Gasteiger partial charge in [-0.05, 0) is 44.6 Å². The second-order valence-corrected chi connectivity index (χ2v) is 5.48. The van der Waals surface area contributed by atoms with E-state index in [4.69, 9.17) is 4.42 Å². The average molecular weight is 251 g/mol. The summed E-state index contributed by atoms with van der Waals surface area (Å²) in [7, 11) is 0. The van der Waals surface area contributed by atoms with Crippen LogP contribution >= 0.6 is 0 Å². The van der Waals surface area contributed by atoms with Crippen LogP contribution in [-0.2, 0) is 0 Å². The molecule has 1 saturated carbocycles. The molecule has 1 aliphatic carbocycles. The molecular weight excluding hydrogens is 230 g/mol. The predicted molar refractivity (Wildman–Crippen MR) is 68.4 cm³/mol. The van der Waals surface area contributed by atoms with Crippen LogP contribution < -0.4 is 5.32 Å². The first-order valence-electron chi connectivity index (χ1n) is 6.55. The van der Waals surface area contributed by atoms with Gasteiger partial charge in [0.2, 0.25) is 0 Å². The Morgan fingerprint density at radius 3 is 2.78 bits per heavy atom. The molecule has 0 saturated heterocycles. The number of amides is 1. The molecular formula is C14H21NO3. The Balaban J connectivity index is 1.88. The number of nitrogens with one attached hydrogen (secondary N) is 1. The van der Waals surface area contributed by atoms with E-state index in [1.165, 1.54) is 6.26 Å². The van der Waals surface area contributed by atoms with Crippen LogP contribution in [0.15, 0.2) is 16.7 Å². The third-order valence-electron chi connectivity index (χ3n) is 3.89. The first-order chi connectivity index (χ1) is 8.50. The fourth-order valence-corrected chi connectivity index (χ4v) is 2.44. The molecule has 2 rings (SSSR count). The number of carbonyl (C=O) groups is 1. The summed E-state index contributed by atoms with van der Waals surface area (Å²) in [6, 6.07) is 1.65. The molecule has 0 aliphatic heterocycles. The summed E-state index contributed by atoms with van der Waals surface area (Å²) in [5.74, 6) is 1.11. The number of furan rings is 1. The minimum Gasteiger partial charge on any atom is -0.469 e. The fourth-order valence-electron chi connectivity index (χ4n) is 2.44. The van der Waals surface area contributed by atoms with E-state index in [1.807, 2.05) is 0 Å². The molecule has 4 nitrogen and oxygen atoms in total. The molecule has 0 aromatic carbocycles. The Hall–Kier alpha value is -1.29. The van der Waals surface area contributed by atoms with Gasteiger partial charge < -0.3 is 14.8 Å².